The van der Waals surface area contributed by atoms with Crippen LogP contribution < -0.4 is 0 Å². The van der Waals surface area contributed by atoms with Crippen molar-refractivity contribution in [1.82, 2.24) is 4.90 Å². The summed E-state index contributed by atoms with van der Waals surface area (Å²) in [6, 6.07) is 5.33. The van der Waals surface area contributed by atoms with Crippen molar-refractivity contribution in [3.8, 4) is 0 Å². The van der Waals surface area contributed by atoms with E-state index in [0.29, 0.717) is 22.0 Å². The first kappa shape index (κ1) is 17.0. The molecule has 1 aromatic carbocycles. The molecule has 1 fully saturated rings. The van der Waals surface area contributed by atoms with E-state index >= 15 is 0 Å². The molecule has 0 radical (unpaired) electrons. The summed E-state index contributed by atoms with van der Waals surface area (Å²) in [5, 5.41) is 21.3. The Morgan fingerprint density at radius 1 is 1.29 bits per heavy atom. The molecule has 0 spiro atoms. The molecule has 118 valence electrons. The van der Waals surface area contributed by atoms with Crippen molar-refractivity contribution in [3.63, 3.8) is 0 Å². The van der Waals surface area contributed by atoms with E-state index in [0.717, 1.165) is 38.9 Å². The van der Waals surface area contributed by atoms with Gasteiger partial charge in [0.25, 0.3) is 0 Å². The Balaban J connectivity index is 1.89. The van der Waals surface area contributed by atoms with Crippen LogP contribution in [0.3, 0.4) is 0 Å². The summed E-state index contributed by atoms with van der Waals surface area (Å²) in [5.41, 5.74) is 0.134. The highest BCUT2D eigenvalue weighted by molar-refractivity contribution is 6.42. The minimum Gasteiger partial charge on any atom is -0.390 e. The Morgan fingerprint density at radius 2 is 2.05 bits per heavy atom. The fourth-order valence-corrected chi connectivity index (χ4v) is 3.21. The zero-order valence-electron chi connectivity index (χ0n) is 12.4. The Morgan fingerprint density at radius 3 is 2.81 bits per heavy atom. The smallest absolute Gasteiger partial charge is 0.0817 e. The van der Waals surface area contributed by atoms with Crippen LogP contribution >= 0.6 is 23.2 Å². The molecule has 0 amide bonds. The van der Waals surface area contributed by atoms with Gasteiger partial charge in [0.1, 0.15) is 0 Å². The molecule has 2 unspecified atom stereocenters. The van der Waals surface area contributed by atoms with Crippen molar-refractivity contribution in [1.29, 1.82) is 0 Å². The second-order valence-corrected chi connectivity index (χ2v) is 6.92. The summed E-state index contributed by atoms with van der Waals surface area (Å²) in [6.45, 7) is 4.52. The Hall–Kier alpha value is -0.320. The number of aliphatic hydroxyl groups is 2. The number of rotatable bonds is 4. The quantitative estimate of drug-likeness (QED) is 0.884. The average Bonchev–Trinajstić information content (AvgIpc) is 2.60. The van der Waals surface area contributed by atoms with E-state index in [1.54, 1.807) is 12.1 Å². The molecule has 1 aliphatic heterocycles. The maximum absolute atomic E-state index is 10.3. The predicted octanol–water partition coefficient (Wildman–Crippen LogP) is 3.65. The average molecular weight is 332 g/mol. The van der Waals surface area contributed by atoms with E-state index in [2.05, 4.69) is 4.90 Å². The van der Waals surface area contributed by atoms with Crippen LogP contribution in [0.25, 0.3) is 0 Å². The topological polar surface area (TPSA) is 43.7 Å². The molecule has 0 aliphatic carbocycles. The first-order valence-electron chi connectivity index (χ1n) is 7.46. The number of likely N-dealkylation sites (tertiary alicyclic amines) is 1. The molecule has 1 aromatic rings. The van der Waals surface area contributed by atoms with Gasteiger partial charge in [-0.2, -0.15) is 0 Å². The summed E-state index contributed by atoms with van der Waals surface area (Å²) in [5.74, 6) is 0. The zero-order chi connectivity index (χ0) is 15.5. The lowest BCUT2D eigenvalue weighted by Gasteiger charge is -2.23. The van der Waals surface area contributed by atoms with Crippen LogP contribution in [0.1, 0.15) is 44.3 Å². The van der Waals surface area contributed by atoms with Crippen molar-refractivity contribution in [3.05, 3.63) is 33.8 Å². The molecule has 3 nitrogen and oxygen atoms in total. The maximum atomic E-state index is 10.3. The molecule has 0 bridgehead atoms. The largest absolute Gasteiger partial charge is 0.390 e. The van der Waals surface area contributed by atoms with Gasteiger partial charge in [0, 0.05) is 18.7 Å². The van der Waals surface area contributed by atoms with E-state index < -0.39 is 11.7 Å². The molecule has 2 rings (SSSR count). The molecule has 2 atom stereocenters. The van der Waals surface area contributed by atoms with Gasteiger partial charge < -0.3 is 15.1 Å². The normalized spacial score (nSPS) is 25.6. The first-order chi connectivity index (χ1) is 9.89. The summed E-state index contributed by atoms with van der Waals surface area (Å²) >= 11 is 12.1. The second kappa shape index (κ2) is 7.30. The molecule has 21 heavy (non-hydrogen) atoms. The van der Waals surface area contributed by atoms with E-state index in [-0.39, 0.29) is 0 Å². The van der Waals surface area contributed by atoms with E-state index in [9.17, 15) is 10.2 Å². The van der Waals surface area contributed by atoms with Crippen molar-refractivity contribution in [2.24, 2.45) is 0 Å². The number of nitrogens with zero attached hydrogens (tertiary/aromatic N) is 1. The van der Waals surface area contributed by atoms with Crippen LogP contribution in [0.2, 0.25) is 10.0 Å². The molecule has 5 heteroatoms. The minimum atomic E-state index is -0.611. The molecule has 0 saturated carbocycles. The molecular weight excluding hydrogens is 309 g/mol. The lowest BCUT2D eigenvalue weighted by molar-refractivity contribution is 0.0441. The van der Waals surface area contributed by atoms with Gasteiger partial charge in [-0.15, -0.1) is 0 Å². The molecule has 2 N–H and O–H groups in total. The van der Waals surface area contributed by atoms with Gasteiger partial charge in [-0.3, -0.25) is 0 Å². The highest BCUT2D eigenvalue weighted by Gasteiger charge is 2.25. The summed E-state index contributed by atoms with van der Waals surface area (Å²) in [4.78, 5) is 2.29. The molecule has 1 aliphatic rings. The lowest BCUT2D eigenvalue weighted by Crippen LogP contribution is -2.29. The van der Waals surface area contributed by atoms with Crippen LogP contribution in [-0.2, 0) is 0 Å². The maximum Gasteiger partial charge on any atom is 0.0817 e. The standard InChI is InChI=1S/C16H23Cl2NO2/c1-16(21)7-3-9-19(11-8-16)10-6-14(20)12-4-2-5-13(17)15(12)18/h2,4-5,14,20-21H,3,6-11H2,1H3. The highest BCUT2D eigenvalue weighted by Crippen LogP contribution is 2.31. The fourth-order valence-electron chi connectivity index (χ4n) is 2.78. The van der Waals surface area contributed by atoms with E-state index in [4.69, 9.17) is 23.2 Å². The van der Waals surface area contributed by atoms with Gasteiger partial charge in [0.05, 0.1) is 21.8 Å². The Bertz CT molecular complexity index is 479. The van der Waals surface area contributed by atoms with Crippen LogP contribution in [0.15, 0.2) is 18.2 Å². The van der Waals surface area contributed by atoms with Crippen LogP contribution in [0.4, 0.5) is 0 Å². The summed E-state index contributed by atoms with van der Waals surface area (Å²) in [6.07, 6.45) is 2.61. The third-order valence-corrected chi connectivity index (χ3v) is 5.05. The Labute approximate surface area is 136 Å². The van der Waals surface area contributed by atoms with Crippen molar-refractivity contribution >= 4 is 23.2 Å². The first-order valence-corrected chi connectivity index (χ1v) is 8.21. The van der Waals surface area contributed by atoms with Crippen LogP contribution in [-0.4, -0.2) is 40.3 Å². The van der Waals surface area contributed by atoms with Gasteiger partial charge >= 0.3 is 0 Å². The van der Waals surface area contributed by atoms with Gasteiger partial charge in [-0.25, -0.2) is 0 Å². The summed E-state index contributed by atoms with van der Waals surface area (Å²) < 4.78 is 0. The van der Waals surface area contributed by atoms with Gasteiger partial charge in [-0.05, 0) is 45.2 Å². The number of benzene rings is 1. The SMILES string of the molecule is CC1(O)CCCN(CCC(O)c2cccc(Cl)c2Cl)CC1. The molecule has 1 saturated heterocycles. The number of hydrogen-bond donors (Lipinski definition) is 2. The number of halogens is 2. The Kier molecular flexibility index (Phi) is 5.92. The van der Waals surface area contributed by atoms with Crippen molar-refractivity contribution in [2.75, 3.05) is 19.6 Å². The number of hydrogen-bond acceptors (Lipinski definition) is 3. The monoisotopic (exact) mass is 331 g/mol. The van der Waals surface area contributed by atoms with Crippen LogP contribution in [0, 0.1) is 0 Å². The third-order valence-electron chi connectivity index (χ3n) is 4.22. The minimum absolute atomic E-state index is 0.436. The van der Waals surface area contributed by atoms with Gasteiger partial charge in [-0.1, -0.05) is 35.3 Å². The van der Waals surface area contributed by atoms with Gasteiger partial charge in [0.2, 0.25) is 0 Å². The highest BCUT2D eigenvalue weighted by atomic mass is 35.5. The molecular formula is C16H23Cl2NO2. The number of aliphatic hydroxyl groups excluding tert-OH is 1. The third kappa shape index (κ3) is 4.83. The lowest BCUT2D eigenvalue weighted by atomic mass is 9.98. The fraction of sp³-hybridized carbons (Fsp3) is 0.625. The molecule has 1 heterocycles. The second-order valence-electron chi connectivity index (χ2n) is 6.14. The van der Waals surface area contributed by atoms with E-state index in [1.807, 2.05) is 13.0 Å². The van der Waals surface area contributed by atoms with E-state index in [1.165, 1.54) is 0 Å². The molecule has 0 aromatic heterocycles. The summed E-state index contributed by atoms with van der Waals surface area (Å²) in [7, 11) is 0. The van der Waals surface area contributed by atoms with Crippen LogP contribution in [0.5, 0.6) is 0 Å². The van der Waals surface area contributed by atoms with Crippen molar-refractivity contribution < 1.29 is 10.2 Å². The van der Waals surface area contributed by atoms with Gasteiger partial charge in [0.15, 0.2) is 0 Å². The predicted molar refractivity (Wildman–Crippen MR) is 87.0 cm³/mol. The zero-order valence-corrected chi connectivity index (χ0v) is 13.9. The van der Waals surface area contributed by atoms with Crippen molar-refractivity contribution in [2.45, 2.75) is 44.3 Å².